The summed E-state index contributed by atoms with van der Waals surface area (Å²) >= 11 is 0. The fraction of sp³-hybridized carbons (Fsp3) is 0.125. The van der Waals surface area contributed by atoms with E-state index >= 15 is 0 Å². The molecule has 9 heteroatoms. The van der Waals surface area contributed by atoms with E-state index in [1.165, 1.54) is 12.3 Å². The first-order valence-corrected chi connectivity index (χ1v) is 6.76. The number of amides is 1. The van der Waals surface area contributed by atoms with Crippen LogP contribution in [0.5, 0.6) is 0 Å². The molecule has 0 unspecified atom stereocenters. The van der Waals surface area contributed by atoms with E-state index in [1.54, 1.807) is 12.1 Å². The summed E-state index contributed by atoms with van der Waals surface area (Å²) in [4.78, 5) is 15.5. The lowest BCUT2D eigenvalue weighted by Crippen LogP contribution is -2.12. The normalized spacial score (nSPS) is 12.4. The number of halogens is 6. The highest BCUT2D eigenvalue weighted by Gasteiger charge is 2.37. The average Bonchev–Trinajstić information content (AvgIpc) is 2.52. The van der Waals surface area contributed by atoms with Crippen LogP contribution in [0.25, 0.3) is 6.08 Å². The highest BCUT2D eigenvalue weighted by Crippen LogP contribution is 2.37. The molecule has 2 aromatic rings. The van der Waals surface area contributed by atoms with Gasteiger partial charge in [-0.25, -0.2) is 4.98 Å². The molecule has 1 aromatic heterocycles. The van der Waals surface area contributed by atoms with Gasteiger partial charge in [-0.2, -0.15) is 26.3 Å². The molecule has 0 saturated carbocycles. The van der Waals surface area contributed by atoms with E-state index in [9.17, 15) is 31.1 Å². The quantitative estimate of drug-likeness (QED) is 0.633. The summed E-state index contributed by atoms with van der Waals surface area (Å²) in [5, 5.41) is 2.31. The Hall–Kier alpha value is -2.84. The maximum absolute atomic E-state index is 13.0. The number of hydrogen-bond donors (Lipinski definition) is 1. The zero-order valence-electron chi connectivity index (χ0n) is 12.3. The number of nitrogens with one attached hydrogen (secondary N) is 1. The standard InChI is InChI=1S/C16H10F6N2O/c17-15(18,19)11-6-4-10(12(9-11)16(20,21)22)5-7-14(25)24-13-3-1-2-8-23-13/h1-9H,(H,23,24,25)/b7-5+. The van der Waals surface area contributed by atoms with Gasteiger partial charge in [0, 0.05) is 12.3 Å². The molecule has 1 amide bonds. The van der Waals surface area contributed by atoms with Crippen LogP contribution < -0.4 is 5.32 Å². The Bertz CT molecular complexity index is 781. The molecule has 2 rings (SSSR count). The van der Waals surface area contributed by atoms with Crippen molar-refractivity contribution in [2.45, 2.75) is 12.4 Å². The van der Waals surface area contributed by atoms with E-state index in [0.717, 1.165) is 12.2 Å². The van der Waals surface area contributed by atoms with Crippen molar-refractivity contribution in [2.24, 2.45) is 0 Å². The first-order valence-electron chi connectivity index (χ1n) is 6.76. The van der Waals surface area contributed by atoms with Crippen molar-refractivity contribution < 1.29 is 31.1 Å². The Morgan fingerprint density at radius 1 is 1.00 bits per heavy atom. The van der Waals surface area contributed by atoms with E-state index in [0.29, 0.717) is 12.1 Å². The third-order valence-corrected chi connectivity index (χ3v) is 3.02. The average molecular weight is 360 g/mol. The lowest BCUT2D eigenvalue weighted by molar-refractivity contribution is -0.143. The summed E-state index contributed by atoms with van der Waals surface area (Å²) in [6.07, 6.45) is -6.93. The molecule has 0 aliphatic carbocycles. The minimum absolute atomic E-state index is 0.0102. The first-order chi connectivity index (χ1) is 11.6. The zero-order valence-corrected chi connectivity index (χ0v) is 12.3. The fourth-order valence-corrected chi connectivity index (χ4v) is 1.89. The Morgan fingerprint density at radius 3 is 2.28 bits per heavy atom. The summed E-state index contributed by atoms with van der Waals surface area (Å²) in [6, 6.07) is 5.84. The minimum atomic E-state index is -5.00. The van der Waals surface area contributed by atoms with Crippen molar-refractivity contribution in [1.82, 2.24) is 4.98 Å². The van der Waals surface area contributed by atoms with Crippen LogP contribution in [0.15, 0.2) is 48.7 Å². The van der Waals surface area contributed by atoms with Crippen molar-refractivity contribution in [1.29, 1.82) is 0 Å². The van der Waals surface area contributed by atoms with E-state index in [-0.39, 0.29) is 11.9 Å². The molecule has 3 nitrogen and oxygen atoms in total. The van der Waals surface area contributed by atoms with E-state index < -0.39 is 35.0 Å². The highest BCUT2D eigenvalue weighted by atomic mass is 19.4. The summed E-state index contributed by atoms with van der Waals surface area (Å²) < 4.78 is 76.7. The van der Waals surface area contributed by atoms with Gasteiger partial charge in [0.2, 0.25) is 5.91 Å². The van der Waals surface area contributed by atoms with Crippen LogP contribution in [0.1, 0.15) is 16.7 Å². The zero-order chi connectivity index (χ0) is 18.7. The molecule has 1 heterocycles. The second-order valence-electron chi connectivity index (χ2n) is 4.84. The van der Waals surface area contributed by atoms with Crippen molar-refractivity contribution in [3.05, 3.63) is 65.4 Å². The van der Waals surface area contributed by atoms with E-state index in [1.807, 2.05) is 0 Å². The molecule has 1 aromatic carbocycles. The lowest BCUT2D eigenvalue weighted by Gasteiger charge is -2.14. The van der Waals surface area contributed by atoms with Crippen LogP contribution in [0, 0.1) is 0 Å². The molecule has 0 aliphatic rings. The molecule has 0 atom stereocenters. The molecule has 0 radical (unpaired) electrons. The largest absolute Gasteiger partial charge is 0.417 e. The topological polar surface area (TPSA) is 42.0 Å². The van der Waals surface area contributed by atoms with Crippen molar-refractivity contribution >= 4 is 17.8 Å². The molecular weight excluding hydrogens is 350 g/mol. The summed E-state index contributed by atoms with van der Waals surface area (Å²) in [7, 11) is 0. The predicted octanol–water partition coefficient (Wildman–Crippen LogP) is 4.77. The number of alkyl halides is 6. The summed E-state index contributed by atoms with van der Waals surface area (Å²) in [5.74, 6) is -0.590. The van der Waals surface area contributed by atoms with Gasteiger partial charge in [-0.3, -0.25) is 4.79 Å². The van der Waals surface area contributed by atoms with Gasteiger partial charge in [-0.05, 0) is 35.9 Å². The predicted molar refractivity (Wildman–Crippen MR) is 78.3 cm³/mol. The molecule has 0 aliphatic heterocycles. The first kappa shape index (κ1) is 18.5. The number of rotatable bonds is 3. The van der Waals surface area contributed by atoms with Gasteiger partial charge in [0.25, 0.3) is 0 Å². The van der Waals surface area contributed by atoms with Gasteiger partial charge >= 0.3 is 12.4 Å². The molecule has 0 spiro atoms. The van der Waals surface area contributed by atoms with Crippen LogP contribution >= 0.6 is 0 Å². The van der Waals surface area contributed by atoms with Crippen LogP contribution in [-0.4, -0.2) is 10.9 Å². The SMILES string of the molecule is O=C(/C=C/c1ccc(C(F)(F)F)cc1C(F)(F)F)Nc1ccccn1. The van der Waals surface area contributed by atoms with Gasteiger partial charge in [-0.15, -0.1) is 0 Å². The highest BCUT2D eigenvalue weighted by molar-refractivity contribution is 6.01. The lowest BCUT2D eigenvalue weighted by atomic mass is 10.0. The molecule has 132 valence electrons. The minimum Gasteiger partial charge on any atom is -0.307 e. The molecule has 0 bridgehead atoms. The van der Waals surface area contributed by atoms with Crippen molar-refractivity contribution in [3.8, 4) is 0 Å². The third kappa shape index (κ3) is 5.07. The Kier molecular flexibility index (Phi) is 5.15. The summed E-state index contributed by atoms with van der Waals surface area (Å²) in [6.45, 7) is 0. The summed E-state index contributed by atoms with van der Waals surface area (Å²) in [5.41, 5.74) is -3.46. The Labute approximate surface area is 138 Å². The maximum atomic E-state index is 13.0. The smallest absolute Gasteiger partial charge is 0.307 e. The molecule has 0 fully saturated rings. The monoisotopic (exact) mass is 360 g/mol. The third-order valence-electron chi connectivity index (χ3n) is 3.02. The molecule has 25 heavy (non-hydrogen) atoms. The van der Waals surface area contributed by atoms with Gasteiger partial charge < -0.3 is 5.32 Å². The number of hydrogen-bond acceptors (Lipinski definition) is 2. The Balaban J connectivity index is 2.27. The maximum Gasteiger partial charge on any atom is 0.417 e. The van der Waals surface area contributed by atoms with Crippen LogP contribution in [0.4, 0.5) is 32.2 Å². The molecule has 1 N–H and O–H groups in total. The Morgan fingerprint density at radius 2 is 1.72 bits per heavy atom. The second-order valence-corrected chi connectivity index (χ2v) is 4.84. The van der Waals surface area contributed by atoms with Crippen molar-refractivity contribution in [2.75, 3.05) is 5.32 Å². The second kappa shape index (κ2) is 6.96. The molecular formula is C16H10F6N2O. The van der Waals surface area contributed by atoms with Crippen LogP contribution in [0.2, 0.25) is 0 Å². The van der Waals surface area contributed by atoms with Gasteiger partial charge in [0.15, 0.2) is 0 Å². The number of carbonyl (C=O) groups is 1. The van der Waals surface area contributed by atoms with Crippen LogP contribution in [-0.2, 0) is 17.1 Å². The number of nitrogens with zero attached hydrogens (tertiary/aromatic N) is 1. The number of benzene rings is 1. The number of carbonyl (C=O) groups excluding carboxylic acids is 1. The van der Waals surface area contributed by atoms with Gasteiger partial charge in [0.1, 0.15) is 5.82 Å². The van der Waals surface area contributed by atoms with Crippen molar-refractivity contribution in [3.63, 3.8) is 0 Å². The van der Waals surface area contributed by atoms with E-state index in [2.05, 4.69) is 10.3 Å². The number of pyridine rings is 1. The van der Waals surface area contributed by atoms with E-state index in [4.69, 9.17) is 0 Å². The molecule has 0 saturated heterocycles. The number of aromatic nitrogens is 1. The fourth-order valence-electron chi connectivity index (χ4n) is 1.89. The number of anilines is 1. The van der Waals surface area contributed by atoms with Gasteiger partial charge in [0.05, 0.1) is 11.1 Å². The van der Waals surface area contributed by atoms with Crippen LogP contribution in [0.3, 0.4) is 0 Å². The van der Waals surface area contributed by atoms with Gasteiger partial charge in [-0.1, -0.05) is 12.1 Å².